The summed E-state index contributed by atoms with van der Waals surface area (Å²) in [5.41, 5.74) is 11.0. The largest absolute Gasteiger partial charge is 0.354 e. The summed E-state index contributed by atoms with van der Waals surface area (Å²) in [4.78, 5) is 3.53. The van der Waals surface area contributed by atoms with Crippen LogP contribution in [0.1, 0.15) is 24.0 Å². The first-order chi connectivity index (χ1) is 11.5. The first kappa shape index (κ1) is 17.6. The number of aromatic nitrogens is 1. The fraction of sp³-hybridized carbons (Fsp3) is 0.263. The molecule has 2 aromatic carbocycles. The van der Waals surface area contributed by atoms with Gasteiger partial charge in [0, 0.05) is 16.0 Å². The summed E-state index contributed by atoms with van der Waals surface area (Å²) in [5, 5.41) is 3.09. The zero-order valence-corrected chi connectivity index (χ0v) is 15.7. The number of nitrogens with two attached hydrogens (primary N) is 1. The minimum absolute atomic E-state index is 0.624. The number of hydrogen-bond donors (Lipinski definition) is 2. The third kappa shape index (κ3) is 3.29. The van der Waals surface area contributed by atoms with Gasteiger partial charge in [-0.15, -0.1) is 0 Å². The minimum Gasteiger partial charge on any atom is -0.354 e. The van der Waals surface area contributed by atoms with Crippen molar-refractivity contribution in [2.24, 2.45) is 5.73 Å². The van der Waals surface area contributed by atoms with Crippen LogP contribution in [-0.4, -0.2) is 11.5 Å². The van der Waals surface area contributed by atoms with Gasteiger partial charge in [0.05, 0.1) is 21.3 Å². The van der Waals surface area contributed by atoms with Gasteiger partial charge in [0.1, 0.15) is 0 Å². The second-order valence-electron chi connectivity index (χ2n) is 5.96. The van der Waals surface area contributed by atoms with E-state index >= 15 is 0 Å². The highest BCUT2D eigenvalue weighted by Gasteiger charge is 2.18. The SMILES string of the molecule is Cc1ccc(Cl)c2c(CCCCN)c(-c3ccc(Cl)cc3Cl)[nH]c12. The lowest BCUT2D eigenvalue weighted by Gasteiger charge is -2.08. The molecule has 3 rings (SSSR count). The molecular weight excluding hydrogens is 363 g/mol. The lowest BCUT2D eigenvalue weighted by atomic mass is 9.99. The molecule has 2 nitrogen and oxygen atoms in total. The Labute approximate surface area is 156 Å². The molecule has 24 heavy (non-hydrogen) atoms. The van der Waals surface area contributed by atoms with Gasteiger partial charge in [0.25, 0.3) is 0 Å². The summed E-state index contributed by atoms with van der Waals surface area (Å²) in [6.45, 7) is 2.76. The average Bonchev–Trinajstić information content (AvgIpc) is 2.92. The topological polar surface area (TPSA) is 41.8 Å². The summed E-state index contributed by atoms with van der Waals surface area (Å²) in [6.07, 6.45) is 2.88. The van der Waals surface area contributed by atoms with Gasteiger partial charge in [0.2, 0.25) is 0 Å². The summed E-state index contributed by atoms with van der Waals surface area (Å²) in [5.74, 6) is 0. The molecule has 0 spiro atoms. The van der Waals surface area contributed by atoms with Crippen LogP contribution in [0, 0.1) is 6.92 Å². The Balaban J connectivity index is 2.24. The number of H-pyrrole nitrogens is 1. The average molecular weight is 382 g/mol. The van der Waals surface area contributed by atoms with E-state index < -0.39 is 0 Å². The van der Waals surface area contributed by atoms with E-state index in [0.717, 1.165) is 52.0 Å². The summed E-state index contributed by atoms with van der Waals surface area (Å²) >= 11 is 19.0. The molecule has 0 atom stereocenters. The number of unbranched alkanes of at least 4 members (excludes halogenated alkanes) is 1. The molecule has 1 aromatic heterocycles. The molecule has 126 valence electrons. The zero-order valence-electron chi connectivity index (χ0n) is 13.4. The second-order valence-corrected chi connectivity index (χ2v) is 7.21. The molecule has 5 heteroatoms. The van der Waals surface area contributed by atoms with E-state index in [4.69, 9.17) is 40.5 Å². The van der Waals surface area contributed by atoms with Crippen LogP contribution in [0.25, 0.3) is 22.2 Å². The molecule has 0 amide bonds. The molecule has 0 aliphatic heterocycles. The van der Waals surface area contributed by atoms with E-state index in [1.165, 1.54) is 5.56 Å². The number of halogens is 3. The van der Waals surface area contributed by atoms with E-state index in [9.17, 15) is 0 Å². The summed E-state index contributed by atoms with van der Waals surface area (Å²) in [7, 11) is 0. The molecule has 0 aliphatic rings. The van der Waals surface area contributed by atoms with Crippen molar-refractivity contribution in [1.29, 1.82) is 0 Å². The number of benzene rings is 2. The Hall–Kier alpha value is -1.19. The van der Waals surface area contributed by atoms with Crippen LogP contribution in [0.4, 0.5) is 0 Å². The number of hydrogen-bond acceptors (Lipinski definition) is 1. The predicted octanol–water partition coefficient (Wildman–Crippen LogP) is 6.38. The molecule has 0 aliphatic carbocycles. The summed E-state index contributed by atoms with van der Waals surface area (Å²) in [6, 6.07) is 9.55. The third-order valence-corrected chi connectivity index (χ3v) is 5.16. The van der Waals surface area contributed by atoms with Crippen molar-refractivity contribution in [3.8, 4) is 11.3 Å². The maximum Gasteiger partial charge on any atom is 0.0514 e. The van der Waals surface area contributed by atoms with Crippen molar-refractivity contribution in [3.05, 3.63) is 56.5 Å². The van der Waals surface area contributed by atoms with E-state index in [1.807, 2.05) is 24.3 Å². The van der Waals surface area contributed by atoms with Gasteiger partial charge in [-0.2, -0.15) is 0 Å². The first-order valence-corrected chi connectivity index (χ1v) is 9.11. The zero-order chi connectivity index (χ0) is 17.3. The maximum absolute atomic E-state index is 6.51. The van der Waals surface area contributed by atoms with E-state index in [-0.39, 0.29) is 0 Å². The molecule has 0 saturated carbocycles. The second kappa shape index (κ2) is 7.37. The number of rotatable bonds is 5. The van der Waals surface area contributed by atoms with Gasteiger partial charge < -0.3 is 10.7 Å². The molecular formula is C19H19Cl3N2. The van der Waals surface area contributed by atoms with Crippen molar-refractivity contribution in [2.45, 2.75) is 26.2 Å². The Bertz CT molecular complexity index is 884. The minimum atomic E-state index is 0.624. The van der Waals surface area contributed by atoms with Crippen LogP contribution < -0.4 is 5.73 Å². The molecule has 0 bridgehead atoms. The Morgan fingerprint density at radius 3 is 2.50 bits per heavy atom. The highest BCUT2D eigenvalue weighted by atomic mass is 35.5. The van der Waals surface area contributed by atoms with Gasteiger partial charge in [-0.3, -0.25) is 0 Å². The first-order valence-electron chi connectivity index (χ1n) is 7.98. The van der Waals surface area contributed by atoms with Gasteiger partial charge in [-0.05, 0) is 68.1 Å². The van der Waals surface area contributed by atoms with Crippen molar-refractivity contribution < 1.29 is 0 Å². The third-order valence-electron chi connectivity index (χ3n) is 4.30. The van der Waals surface area contributed by atoms with Crippen LogP contribution in [0.5, 0.6) is 0 Å². The standard InChI is InChI=1S/C19H19Cl3N2/c1-11-5-8-15(21)17-14(4-2-3-9-23)19(24-18(11)17)13-7-6-12(20)10-16(13)22/h5-8,10,24H,2-4,9,23H2,1H3. The molecule has 0 saturated heterocycles. The maximum atomic E-state index is 6.51. The molecule has 3 aromatic rings. The highest BCUT2D eigenvalue weighted by Crippen LogP contribution is 2.39. The van der Waals surface area contributed by atoms with Crippen molar-refractivity contribution >= 4 is 45.7 Å². The van der Waals surface area contributed by atoms with Crippen molar-refractivity contribution in [3.63, 3.8) is 0 Å². The molecule has 3 N–H and O–H groups in total. The van der Waals surface area contributed by atoms with Crippen LogP contribution >= 0.6 is 34.8 Å². The lowest BCUT2D eigenvalue weighted by molar-refractivity contribution is 0.748. The van der Waals surface area contributed by atoms with Gasteiger partial charge in [-0.25, -0.2) is 0 Å². The van der Waals surface area contributed by atoms with Crippen LogP contribution in [0.3, 0.4) is 0 Å². The normalized spacial score (nSPS) is 11.4. The van der Waals surface area contributed by atoms with Crippen molar-refractivity contribution in [1.82, 2.24) is 4.98 Å². The van der Waals surface area contributed by atoms with Crippen LogP contribution in [0.15, 0.2) is 30.3 Å². The fourth-order valence-electron chi connectivity index (χ4n) is 3.08. The number of fused-ring (bicyclic) bond motifs is 1. The van der Waals surface area contributed by atoms with Gasteiger partial charge in [0.15, 0.2) is 0 Å². The van der Waals surface area contributed by atoms with Gasteiger partial charge in [-0.1, -0.05) is 40.9 Å². The van der Waals surface area contributed by atoms with E-state index in [1.54, 1.807) is 6.07 Å². The van der Waals surface area contributed by atoms with Crippen molar-refractivity contribution in [2.75, 3.05) is 6.54 Å². The number of nitrogens with one attached hydrogen (secondary N) is 1. The number of aromatic amines is 1. The quantitative estimate of drug-likeness (QED) is 0.494. The van der Waals surface area contributed by atoms with E-state index in [2.05, 4.69) is 11.9 Å². The van der Waals surface area contributed by atoms with Gasteiger partial charge >= 0.3 is 0 Å². The van der Waals surface area contributed by atoms with E-state index in [0.29, 0.717) is 16.6 Å². The fourth-order valence-corrected chi connectivity index (χ4v) is 3.86. The highest BCUT2D eigenvalue weighted by molar-refractivity contribution is 6.37. The monoisotopic (exact) mass is 380 g/mol. The van der Waals surface area contributed by atoms with Crippen LogP contribution in [0.2, 0.25) is 15.1 Å². The molecule has 1 heterocycles. The molecule has 0 fully saturated rings. The smallest absolute Gasteiger partial charge is 0.0514 e. The number of aryl methyl sites for hydroxylation is 2. The Morgan fingerprint density at radius 1 is 1.00 bits per heavy atom. The predicted molar refractivity (Wildman–Crippen MR) is 105 cm³/mol. The Kier molecular flexibility index (Phi) is 5.41. The molecule has 0 unspecified atom stereocenters. The summed E-state index contributed by atoms with van der Waals surface area (Å²) < 4.78 is 0. The Morgan fingerprint density at radius 2 is 1.79 bits per heavy atom. The van der Waals surface area contributed by atoms with Crippen LogP contribution in [-0.2, 0) is 6.42 Å². The molecule has 0 radical (unpaired) electrons. The lowest BCUT2D eigenvalue weighted by Crippen LogP contribution is -1.99.